The molecule has 0 aliphatic carbocycles. The third-order valence-corrected chi connectivity index (χ3v) is 5.00. The van der Waals surface area contributed by atoms with Crippen LogP contribution in [0.4, 0.5) is 0 Å². The van der Waals surface area contributed by atoms with Crippen molar-refractivity contribution in [3.8, 4) is 17.1 Å². The van der Waals surface area contributed by atoms with E-state index >= 15 is 0 Å². The average Bonchev–Trinajstić information content (AvgIpc) is 3.15. The van der Waals surface area contributed by atoms with Crippen LogP contribution < -0.4 is 4.74 Å². The van der Waals surface area contributed by atoms with E-state index < -0.39 is 0 Å². The number of hydrogen-bond donors (Lipinski definition) is 0. The summed E-state index contributed by atoms with van der Waals surface area (Å²) >= 11 is 0. The van der Waals surface area contributed by atoms with E-state index in [1.54, 1.807) is 19.1 Å². The minimum Gasteiger partial charge on any atom is -0.496 e. The van der Waals surface area contributed by atoms with Crippen molar-refractivity contribution in [3.63, 3.8) is 0 Å². The van der Waals surface area contributed by atoms with E-state index in [1.165, 1.54) is 0 Å². The van der Waals surface area contributed by atoms with Gasteiger partial charge in [-0.2, -0.15) is 4.98 Å². The number of amides is 1. The van der Waals surface area contributed by atoms with Crippen LogP contribution in [0.5, 0.6) is 5.75 Å². The fourth-order valence-electron chi connectivity index (χ4n) is 3.29. The minimum atomic E-state index is -0.0947. The van der Waals surface area contributed by atoms with Gasteiger partial charge in [-0.1, -0.05) is 43.3 Å². The smallest absolute Gasteiger partial charge is 0.254 e. The summed E-state index contributed by atoms with van der Waals surface area (Å²) < 4.78 is 10.9. The molecule has 0 aliphatic heterocycles. The fourth-order valence-corrected chi connectivity index (χ4v) is 3.29. The van der Waals surface area contributed by atoms with Crippen molar-refractivity contribution in [3.05, 3.63) is 64.5 Å². The van der Waals surface area contributed by atoms with Crippen LogP contribution in [0.3, 0.4) is 0 Å². The van der Waals surface area contributed by atoms with Gasteiger partial charge in [-0.15, -0.1) is 0 Å². The van der Waals surface area contributed by atoms with E-state index in [1.807, 2.05) is 50.2 Å². The summed E-state index contributed by atoms with van der Waals surface area (Å²) in [5.41, 5.74) is 4.52. The molecule has 3 rings (SSSR count). The summed E-state index contributed by atoms with van der Waals surface area (Å²) in [7, 11) is 3.38. The van der Waals surface area contributed by atoms with Gasteiger partial charge >= 0.3 is 0 Å². The highest BCUT2D eigenvalue weighted by Crippen LogP contribution is 2.30. The van der Waals surface area contributed by atoms with Gasteiger partial charge in [0.1, 0.15) is 5.75 Å². The summed E-state index contributed by atoms with van der Waals surface area (Å²) in [5, 5.41) is 4.07. The van der Waals surface area contributed by atoms with E-state index in [-0.39, 0.29) is 18.4 Å². The van der Waals surface area contributed by atoms with Gasteiger partial charge in [-0.25, -0.2) is 0 Å². The van der Waals surface area contributed by atoms with Crippen molar-refractivity contribution in [1.82, 2.24) is 15.0 Å². The van der Waals surface area contributed by atoms with Gasteiger partial charge in [0.15, 0.2) is 0 Å². The topological polar surface area (TPSA) is 68.5 Å². The van der Waals surface area contributed by atoms with E-state index in [4.69, 9.17) is 9.26 Å². The Morgan fingerprint density at radius 1 is 1.17 bits per heavy atom. The SMILES string of the molecule is COc1cc(C)c(C(=O)N(C)Cc2nc(-c3ccccc3C)no2)cc1C(C)C. The normalized spacial score (nSPS) is 11.0. The van der Waals surface area contributed by atoms with E-state index in [2.05, 4.69) is 24.0 Å². The highest BCUT2D eigenvalue weighted by Gasteiger charge is 2.21. The van der Waals surface area contributed by atoms with Gasteiger partial charge in [0.2, 0.25) is 11.7 Å². The summed E-state index contributed by atoms with van der Waals surface area (Å²) in [6, 6.07) is 11.7. The van der Waals surface area contributed by atoms with E-state index in [0.717, 1.165) is 28.0 Å². The zero-order chi connectivity index (χ0) is 21.1. The number of aromatic nitrogens is 2. The largest absolute Gasteiger partial charge is 0.496 e. The molecular formula is C23H27N3O3. The summed E-state index contributed by atoms with van der Waals surface area (Å²) in [4.78, 5) is 19.1. The molecule has 0 spiro atoms. The lowest BCUT2D eigenvalue weighted by molar-refractivity contribution is 0.0768. The van der Waals surface area contributed by atoms with Crippen molar-refractivity contribution in [2.24, 2.45) is 0 Å². The molecule has 152 valence electrons. The van der Waals surface area contributed by atoms with Crippen LogP contribution in [0, 0.1) is 13.8 Å². The van der Waals surface area contributed by atoms with Crippen molar-refractivity contribution < 1.29 is 14.1 Å². The molecule has 0 saturated carbocycles. The number of hydrogen-bond acceptors (Lipinski definition) is 5. The Labute approximate surface area is 171 Å². The van der Waals surface area contributed by atoms with Gasteiger partial charge < -0.3 is 14.2 Å². The Morgan fingerprint density at radius 2 is 1.90 bits per heavy atom. The van der Waals surface area contributed by atoms with Crippen LogP contribution in [0.2, 0.25) is 0 Å². The van der Waals surface area contributed by atoms with Crippen molar-refractivity contribution in [2.45, 2.75) is 40.2 Å². The predicted octanol–water partition coefficient (Wildman–Crippen LogP) is 4.76. The second-order valence-electron chi connectivity index (χ2n) is 7.55. The Balaban J connectivity index is 1.82. The van der Waals surface area contributed by atoms with E-state index in [0.29, 0.717) is 17.3 Å². The molecule has 0 fully saturated rings. The van der Waals surface area contributed by atoms with Crippen LogP contribution in [0.15, 0.2) is 40.9 Å². The third-order valence-electron chi connectivity index (χ3n) is 5.00. The lowest BCUT2D eigenvalue weighted by Gasteiger charge is -2.19. The standard InChI is InChI=1S/C23H27N3O3/c1-14(2)18-12-19(16(4)11-20(18)28-6)23(27)26(5)13-21-24-22(25-29-21)17-10-8-7-9-15(17)3/h7-12,14H,13H2,1-6H3. The van der Waals surface area contributed by atoms with E-state index in [9.17, 15) is 4.79 Å². The molecule has 0 atom stereocenters. The lowest BCUT2D eigenvalue weighted by Crippen LogP contribution is -2.27. The zero-order valence-corrected chi connectivity index (χ0v) is 17.8. The second-order valence-corrected chi connectivity index (χ2v) is 7.55. The molecule has 1 amide bonds. The molecular weight excluding hydrogens is 366 g/mol. The predicted molar refractivity (Wildman–Crippen MR) is 112 cm³/mol. The van der Waals surface area contributed by atoms with Crippen LogP contribution in [-0.2, 0) is 6.54 Å². The van der Waals surface area contributed by atoms with Crippen molar-refractivity contribution >= 4 is 5.91 Å². The first-order chi connectivity index (χ1) is 13.8. The fraction of sp³-hybridized carbons (Fsp3) is 0.348. The van der Waals surface area contributed by atoms with Gasteiger partial charge in [0, 0.05) is 18.2 Å². The first kappa shape index (κ1) is 20.6. The van der Waals surface area contributed by atoms with Gasteiger partial charge in [-0.05, 0) is 48.6 Å². The number of nitrogens with zero attached hydrogens (tertiary/aromatic N) is 3. The highest BCUT2D eigenvalue weighted by atomic mass is 16.5. The monoisotopic (exact) mass is 393 g/mol. The molecule has 0 aliphatic rings. The molecule has 0 bridgehead atoms. The van der Waals surface area contributed by atoms with Crippen LogP contribution in [-0.4, -0.2) is 35.1 Å². The number of methoxy groups -OCH3 is 1. The molecule has 0 unspecified atom stereocenters. The number of carbonyl (C=O) groups is 1. The molecule has 6 heteroatoms. The molecule has 6 nitrogen and oxygen atoms in total. The quantitative estimate of drug-likeness (QED) is 0.604. The second kappa shape index (κ2) is 8.47. The Morgan fingerprint density at radius 3 is 2.55 bits per heavy atom. The number of ether oxygens (including phenoxy) is 1. The van der Waals surface area contributed by atoms with Crippen LogP contribution in [0.1, 0.15) is 52.7 Å². The first-order valence-electron chi connectivity index (χ1n) is 9.64. The molecule has 1 aromatic heterocycles. The minimum absolute atomic E-state index is 0.0947. The highest BCUT2D eigenvalue weighted by molar-refractivity contribution is 5.96. The summed E-state index contributed by atoms with van der Waals surface area (Å²) in [6.45, 7) is 8.31. The molecule has 0 saturated heterocycles. The maximum atomic E-state index is 13.1. The molecule has 2 aromatic carbocycles. The van der Waals surface area contributed by atoms with Gasteiger partial charge in [0.05, 0.1) is 13.7 Å². The number of aryl methyl sites for hydroxylation is 2. The molecule has 0 radical (unpaired) electrons. The van der Waals surface area contributed by atoms with Crippen molar-refractivity contribution in [2.75, 3.05) is 14.2 Å². The molecule has 29 heavy (non-hydrogen) atoms. The maximum Gasteiger partial charge on any atom is 0.254 e. The number of benzene rings is 2. The van der Waals surface area contributed by atoms with Crippen LogP contribution >= 0.6 is 0 Å². The number of rotatable bonds is 6. The van der Waals surface area contributed by atoms with Crippen molar-refractivity contribution in [1.29, 1.82) is 0 Å². The average molecular weight is 393 g/mol. The maximum absolute atomic E-state index is 13.1. The third kappa shape index (κ3) is 4.31. The van der Waals surface area contributed by atoms with Gasteiger partial charge in [0.25, 0.3) is 5.91 Å². The summed E-state index contributed by atoms with van der Waals surface area (Å²) in [6.07, 6.45) is 0. The molecule has 1 heterocycles. The van der Waals surface area contributed by atoms with Gasteiger partial charge in [-0.3, -0.25) is 4.79 Å². The lowest BCUT2D eigenvalue weighted by atomic mass is 9.96. The Kier molecular flexibility index (Phi) is 6.01. The number of carbonyl (C=O) groups excluding carboxylic acids is 1. The molecule has 3 aromatic rings. The zero-order valence-electron chi connectivity index (χ0n) is 17.8. The Hall–Kier alpha value is -3.15. The summed E-state index contributed by atoms with van der Waals surface area (Å²) in [5.74, 6) is 1.88. The first-order valence-corrected chi connectivity index (χ1v) is 9.64. The molecule has 0 N–H and O–H groups in total. The Bertz CT molecular complexity index is 1020. The van der Waals surface area contributed by atoms with Crippen LogP contribution in [0.25, 0.3) is 11.4 Å².